The van der Waals surface area contributed by atoms with Crippen LogP contribution >= 0.6 is 11.3 Å². The van der Waals surface area contributed by atoms with E-state index in [1.54, 1.807) is 22.3 Å². The number of nitrogens with zero attached hydrogens (tertiary/aromatic N) is 4. The van der Waals surface area contributed by atoms with Gasteiger partial charge in [0.15, 0.2) is 0 Å². The molecule has 0 aliphatic rings. The lowest BCUT2D eigenvalue weighted by Crippen LogP contribution is -2.24. The topological polar surface area (TPSA) is 60.2 Å². The average Bonchev–Trinajstić information content (AvgIpc) is 3.39. The summed E-state index contributed by atoms with van der Waals surface area (Å²) >= 11 is 1.61. The van der Waals surface area contributed by atoms with Crippen molar-refractivity contribution < 1.29 is 9.53 Å². The minimum absolute atomic E-state index is 0.0644. The summed E-state index contributed by atoms with van der Waals surface area (Å²) in [5.41, 5.74) is 5.90. The van der Waals surface area contributed by atoms with E-state index in [9.17, 15) is 4.79 Å². The highest BCUT2D eigenvalue weighted by molar-refractivity contribution is 7.09. The van der Waals surface area contributed by atoms with Crippen LogP contribution in [0.4, 0.5) is 0 Å². The standard InChI is InChI=1S/C27H28N4O2S/c1-19-26(20(2)31(29-19)24-8-6-5-7-9-24)16-30(4)27(32)15-12-22-10-13-25(14-11-22)33-17-23-18-34-21(3)28-23/h5-15,18H,16-17H2,1-4H3/b15-12+. The molecule has 7 heteroatoms. The van der Waals surface area contributed by atoms with Gasteiger partial charge in [-0.25, -0.2) is 9.67 Å². The summed E-state index contributed by atoms with van der Waals surface area (Å²) in [6, 6.07) is 17.7. The Morgan fingerprint density at radius 3 is 2.50 bits per heavy atom. The van der Waals surface area contributed by atoms with Gasteiger partial charge in [-0.2, -0.15) is 5.10 Å². The summed E-state index contributed by atoms with van der Waals surface area (Å²) in [5.74, 6) is 0.707. The van der Waals surface area contributed by atoms with Crippen molar-refractivity contribution in [3.63, 3.8) is 0 Å². The summed E-state index contributed by atoms with van der Waals surface area (Å²) in [5, 5.41) is 7.71. The molecule has 2 aromatic heterocycles. The normalized spacial score (nSPS) is 11.2. The van der Waals surface area contributed by atoms with Crippen LogP contribution in [-0.4, -0.2) is 32.6 Å². The van der Waals surface area contributed by atoms with Gasteiger partial charge in [-0.3, -0.25) is 4.79 Å². The van der Waals surface area contributed by atoms with Gasteiger partial charge in [0.1, 0.15) is 12.4 Å². The Morgan fingerprint density at radius 1 is 1.09 bits per heavy atom. The third-order valence-electron chi connectivity index (χ3n) is 5.57. The number of hydrogen-bond donors (Lipinski definition) is 0. The molecule has 0 N–H and O–H groups in total. The molecule has 1 amide bonds. The van der Waals surface area contributed by atoms with Gasteiger partial charge in [0.05, 0.1) is 22.1 Å². The number of likely N-dealkylation sites (N-methyl/N-ethyl adjacent to an activating group) is 1. The Morgan fingerprint density at radius 2 is 1.82 bits per heavy atom. The Labute approximate surface area is 204 Å². The van der Waals surface area contributed by atoms with E-state index in [4.69, 9.17) is 4.74 Å². The van der Waals surface area contributed by atoms with E-state index in [1.807, 2.05) is 98.6 Å². The fraction of sp³-hybridized carbons (Fsp3) is 0.222. The molecule has 0 saturated heterocycles. The van der Waals surface area contributed by atoms with Gasteiger partial charge in [0.2, 0.25) is 5.91 Å². The van der Waals surface area contributed by atoms with E-state index in [-0.39, 0.29) is 5.91 Å². The summed E-state index contributed by atoms with van der Waals surface area (Å²) in [4.78, 5) is 18.8. The molecule has 0 spiro atoms. The zero-order valence-corrected chi connectivity index (χ0v) is 20.7. The lowest BCUT2D eigenvalue weighted by atomic mass is 10.1. The van der Waals surface area contributed by atoms with Gasteiger partial charge in [0, 0.05) is 36.3 Å². The van der Waals surface area contributed by atoms with Crippen LogP contribution < -0.4 is 4.74 Å². The number of benzene rings is 2. The van der Waals surface area contributed by atoms with Gasteiger partial charge >= 0.3 is 0 Å². The molecule has 4 rings (SSSR count). The Hall–Kier alpha value is -3.71. The first-order chi connectivity index (χ1) is 16.4. The van der Waals surface area contributed by atoms with Gasteiger partial charge < -0.3 is 9.64 Å². The number of hydrogen-bond acceptors (Lipinski definition) is 5. The quantitative estimate of drug-likeness (QED) is 0.318. The largest absolute Gasteiger partial charge is 0.487 e. The van der Waals surface area contributed by atoms with Crippen molar-refractivity contribution >= 4 is 23.3 Å². The van der Waals surface area contributed by atoms with E-state index in [0.29, 0.717) is 13.2 Å². The molecule has 0 unspecified atom stereocenters. The van der Waals surface area contributed by atoms with E-state index in [0.717, 1.165) is 44.7 Å². The minimum Gasteiger partial charge on any atom is -0.487 e. The molecule has 0 radical (unpaired) electrons. The molecule has 34 heavy (non-hydrogen) atoms. The molecule has 0 aliphatic carbocycles. The zero-order valence-electron chi connectivity index (χ0n) is 19.9. The van der Waals surface area contributed by atoms with E-state index in [2.05, 4.69) is 10.1 Å². The molecule has 4 aromatic rings. The molecule has 0 atom stereocenters. The van der Waals surface area contributed by atoms with Crippen molar-refractivity contribution in [2.24, 2.45) is 0 Å². The van der Waals surface area contributed by atoms with Gasteiger partial charge in [0.25, 0.3) is 0 Å². The third-order valence-corrected chi connectivity index (χ3v) is 6.39. The molecule has 2 heterocycles. The SMILES string of the molecule is Cc1nc(COc2ccc(/C=C/C(=O)N(C)Cc3c(C)nn(-c4ccccc4)c3C)cc2)cs1. The molecule has 0 aliphatic heterocycles. The number of rotatable bonds is 8. The van der Waals surface area contributed by atoms with Crippen molar-refractivity contribution in [2.45, 2.75) is 33.9 Å². The molecule has 174 valence electrons. The van der Waals surface area contributed by atoms with Gasteiger partial charge in [-0.05, 0) is 56.7 Å². The Kier molecular flexibility index (Phi) is 7.23. The number of carbonyl (C=O) groups excluding carboxylic acids is 1. The first-order valence-corrected chi connectivity index (χ1v) is 12.0. The molecular weight excluding hydrogens is 444 g/mol. The number of ether oxygens (including phenoxy) is 1. The lowest BCUT2D eigenvalue weighted by Gasteiger charge is -2.15. The first-order valence-electron chi connectivity index (χ1n) is 11.1. The summed E-state index contributed by atoms with van der Waals surface area (Å²) in [7, 11) is 1.81. The Balaban J connectivity index is 1.35. The number of aromatic nitrogens is 3. The number of amides is 1. The predicted octanol–water partition coefficient (Wildman–Crippen LogP) is 5.50. The second kappa shape index (κ2) is 10.5. The van der Waals surface area contributed by atoms with Crippen molar-refractivity contribution in [3.8, 4) is 11.4 Å². The van der Waals surface area contributed by atoms with Crippen LogP contribution in [0, 0.1) is 20.8 Å². The maximum Gasteiger partial charge on any atom is 0.246 e. The second-order valence-corrected chi connectivity index (χ2v) is 9.20. The number of thiazole rings is 1. The number of carbonyl (C=O) groups is 1. The van der Waals surface area contributed by atoms with E-state index >= 15 is 0 Å². The fourth-order valence-electron chi connectivity index (χ4n) is 3.64. The van der Waals surface area contributed by atoms with Crippen molar-refractivity contribution in [3.05, 3.63) is 99.3 Å². The lowest BCUT2D eigenvalue weighted by molar-refractivity contribution is -0.125. The predicted molar refractivity (Wildman–Crippen MR) is 136 cm³/mol. The fourth-order valence-corrected chi connectivity index (χ4v) is 4.24. The smallest absolute Gasteiger partial charge is 0.246 e. The maximum absolute atomic E-state index is 12.7. The molecule has 0 saturated carbocycles. The zero-order chi connectivity index (χ0) is 24.1. The monoisotopic (exact) mass is 472 g/mol. The second-order valence-electron chi connectivity index (χ2n) is 8.14. The highest BCUT2D eigenvalue weighted by Crippen LogP contribution is 2.20. The van der Waals surface area contributed by atoms with Crippen LogP contribution in [0.25, 0.3) is 11.8 Å². The summed E-state index contributed by atoms with van der Waals surface area (Å²) in [6.07, 6.45) is 3.42. The number of aryl methyl sites for hydroxylation is 2. The van der Waals surface area contributed by atoms with Crippen LogP contribution in [0.3, 0.4) is 0 Å². The van der Waals surface area contributed by atoms with Crippen LogP contribution in [0.1, 0.15) is 33.2 Å². The number of para-hydroxylation sites is 1. The van der Waals surface area contributed by atoms with Gasteiger partial charge in [-0.1, -0.05) is 30.3 Å². The third kappa shape index (κ3) is 5.61. The van der Waals surface area contributed by atoms with E-state index in [1.165, 1.54) is 0 Å². The average molecular weight is 473 g/mol. The maximum atomic E-state index is 12.7. The highest BCUT2D eigenvalue weighted by Gasteiger charge is 2.16. The molecule has 2 aromatic carbocycles. The molecule has 0 fully saturated rings. The van der Waals surface area contributed by atoms with Crippen LogP contribution in [-0.2, 0) is 17.9 Å². The molecule has 0 bridgehead atoms. The van der Waals surface area contributed by atoms with Gasteiger partial charge in [-0.15, -0.1) is 11.3 Å². The molecule has 6 nitrogen and oxygen atoms in total. The first kappa shape index (κ1) is 23.4. The van der Waals surface area contributed by atoms with Crippen LogP contribution in [0.15, 0.2) is 66.1 Å². The Bertz CT molecular complexity index is 1290. The summed E-state index contributed by atoms with van der Waals surface area (Å²) < 4.78 is 7.71. The summed E-state index contributed by atoms with van der Waals surface area (Å²) in [6.45, 7) is 6.94. The van der Waals surface area contributed by atoms with Crippen molar-refractivity contribution in [2.75, 3.05) is 7.05 Å². The van der Waals surface area contributed by atoms with E-state index < -0.39 is 0 Å². The molecular formula is C27H28N4O2S. The van der Waals surface area contributed by atoms with Crippen LogP contribution in [0.2, 0.25) is 0 Å². The van der Waals surface area contributed by atoms with Crippen molar-refractivity contribution in [1.29, 1.82) is 0 Å². The van der Waals surface area contributed by atoms with Crippen molar-refractivity contribution in [1.82, 2.24) is 19.7 Å². The minimum atomic E-state index is -0.0644. The van der Waals surface area contributed by atoms with Crippen LogP contribution in [0.5, 0.6) is 5.75 Å². The highest BCUT2D eigenvalue weighted by atomic mass is 32.1.